The van der Waals surface area contributed by atoms with Crippen molar-refractivity contribution in [3.8, 4) is 11.5 Å². The van der Waals surface area contributed by atoms with E-state index < -0.39 is 62.1 Å². The number of fused-ring (bicyclic) bond motifs is 1. The summed E-state index contributed by atoms with van der Waals surface area (Å²) in [5.41, 5.74) is 1.20. The first kappa shape index (κ1) is 38.0. The van der Waals surface area contributed by atoms with Crippen LogP contribution >= 0.6 is 11.8 Å². The number of unbranched alkanes of at least 4 members (excludes halogenated alkanes) is 1. The Kier molecular flexibility index (Phi) is 12.6. The van der Waals surface area contributed by atoms with Gasteiger partial charge in [0.25, 0.3) is 16.0 Å². The van der Waals surface area contributed by atoms with Crippen molar-refractivity contribution in [2.24, 2.45) is 5.41 Å². The van der Waals surface area contributed by atoms with Crippen LogP contribution in [0, 0.1) is 5.41 Å². The highest BCUT2D eigenvalue weighted by Gasteiger charge is 2.42. The van der Waals surface area contributed by atoms with Crippen molar-refractivity contribution in [1.29, 1.82) is 0 Å². The SMILES string of the molecule is CCCCC1(CC)CN(c2ccccc2)c2cc(SC)c(OCC(=O)N[C@@H](C(=O)NCCS(=O)(=O)O)c3ccc(O)cc3)cc2S(=O)(=O)C1. The summed E-state index contributed by atoms with van der Waals surface area (Å²) in [5, 5.41) is 14.6. The molecule has 266 valence electrons. The molecule has 0 saturated heterocycles. The Labute approximate surface area is 292 Å². The van der Waals surface area contributed by atoms with E-state index in [0.29, 0.717) is 29.1 Å². The molecule has 0 fully saturated rings. The molecule has 1 aliphatic heterocycles. The number of phenols is 1. The molecule has 49 heavy (non-hydrogen) atoms. The molecule has 3 aromatic carbocycles. The number of nitrogens with one attached hydrogen (secondary N) is 2. The third kappa shape index (κ3) is 9.90. The first-order chi connectivity index (χ1) is 23.2. The number of carbonyl (C=O) groups is 2. The minimum Gasteiger partial charge on any atom is -0.508 e. The molecular weight excluding hydrogens is 691 g/mol. The second-order valence-electron chi connectivity index (χ2n) is 12.1. The second-order valence-corrected chi connectivity index (χ2v) is 16.4. The largest absolute Gasteiger partial charge is 0.508 e. The van der Waals surface area contributed by atoms with Gasteiger partial charge >= 0.3 is 0 Å². The van der Waals surface area contributed by atoms with E-state index in [2.05, 4.69) is 22.5 Å². The zero-order valence-electron chi connectivity index (χ0n) is 27.7. The summed E-state index contributed by atoms with van der Waals surface area (Å²) in [5.74, 6) is -2.12. The number of ether oxygens (including phenoxy) is 1. The summed E-state index contributed by atoms with van der Waals surface area (Å²) < 4.78 is 65.5. The van der Waals surface area contributed by atoms with Crippen LogP contribution in [0.4, 0.5) is 11.4 Å². The molecule has 0 bridgehead atoms. The summed E-state index contributed by atoms with van der Waals surface area (Å²) in [7, 11) is -8.15. The first-order valence-corrected chi connectivity index (χ1v) is 20.4. The lowest BCUT2D eigenvalue weighted by Gasteiger charge is -2.36. The highest BCUT2D eigenvalue weighted by molar-refractivity contribution is 7.98. The van der Waals surface area contributed by atoms with Gasteiger partial charge in [-0.2, -0.15) is 8.42 Å². The molecule has 2 amide bonds. The predicted molar refractivity (Wildman–Crippen MR) is 190 cm³/mol. The Balaban J connectivity index is 1.64. The van der Waals surface area contributed by atoms with Gasteiger partial charge < -0.3 is 25.4 Å². The molecule has 0 spiro atoms. The van der Waals surface area contributed by atoms with E-state index in [9.17, 15) is 31.5 Å². The lowest BCUT2D eigenvalue weighted by Crippen LogP contribution is -2.43. The van der Waals surface area contributed by atoms with Gasteiger partial charge in [-0.25, -0.2) is 8.42 Å². The minimum absolute atomic E-state index is 0.0353. The summed E-state index contributed by atoms with van der Waals surface area (Å²) in [6.45, 7) is 3.66. The molecule has 1 unspecified atom stereocenters. The number of hydrogen-bond donors (Lipinski definition) is 4. The average Bonchev–Trinajstić information content (AvgIpc) is 3.16. The van der Waals surface area contributed by atoms with Crippen LogP contribution in [0.3, 0.4) is 0 Å². The smallest absolute Gasteiger partial charge is 0.266 e. The Hall–Kier alpha value is -3.79. The number of anilines is 2. The summed E-state index contributed by atoms with van der Waals surface area (Å²) >= 11 is 1.34. The number of benzene rings is 3. The number of aromatic hydroxyl groups is 1. The van der Waals surface area contributed by atoms with Crippen LogP contribution < -0.4 is 20.3 Å². The lowest BCUT2D eigenvalue weighted by atomic mass is 9.81. The van der Waals surface area contributed by atoms with Gasteiger partial charge in [0, 0.05) is 30.3 Å². The maximum absolute atomic E-state index is 14.2. The molecule has 4 rings (SSSR count). The number of amides is 2. The fourth-order valence-corrected chi connectivity index (χ4v) is 8.94. The van der Waals surface area contributed by atoms with Gasteiger partial charge in [0.15, 0.2) is 16.4 Å². The van der Waals surface area contributed by atoms with Crippen molar-refractivity contribution in [2.75, 3.05) is 42.4 Å². The van der Waals surface area contributed by atoms with E-state index in [4.69, 9.17) is 9.29 Å². The van der Waals surface area contributed by atoms with E-state index in [1.165, 1.54) is 42.1 Å². The number of carbonyl (C=O) groups excluding carboxylic acids is 2. The predicted octanol–water partition coefficient (Wildman–Crippen LogP) is 4.87. The van der Waals surface area contributed by atoms with Crippen molar-refractivity contribution >= 4 is 54.9 Å². The molecule has 12 nitrogen and oxygen atoms in total. The Morgan fingerprint density at radius 3 is 2.39 bits per heavy atom. The highest BCUT2D eigenvalue weighted by atomic mass is 32.2. The third-order valence-electron chi connectivity index (χ3n) is 8.55. The van der Waals surface area contributed by atoms with Crippen LogP contribution in [0.15, 0.2) is 76.5 Å². The molecule has 1 aliphatic rings. The first-order valence-electron chi connectivity index (χ1n) is 15.9. The third-order valence-corrected chi connectivity index (χ3v) is 12.0. The summed E-state index contributed by atoms with van der Waals surface area (Å²) in [6.07, 6.45) is 5.08. The van der Waals surface area contributed by atoms with Gasteiger partial charge in [0.1, 0.15) is 17.5 Å². The Morgan fingerprint density at radius 2 is 1.78 bits per heavy atom. The number of sulfone groups is 1. The summed E-state index contributed by atoms with van der Waals surface area (Å²) in [6, 6.07) is 17.1. The van der Waals surface area contributed by atoms with Crippen molar-refractivity contribution in [3.05, 3.63) is 72.3 Å². The van der Waals surface area contributed by atoms with E-state index >= 15 is 0 Å². The van der Waals surface area contributed by atoms with Crippen LogP contribution in [0.25, 0.3) is 0 Å². The monoisotopic (exact) mass is 733 g/mol. The van der Waals surface area contributed by atoms with E-state index in [0.717, 1.165) is 24.9 Å². The molecule has 0 radical (unpaired) electrons. The zero-order chi connectivity index (χ0) is 35.8. The quantitative estimate of drug-likeness (QED) is 0.124. The van der Waals surface area contributed by atoms with Crippen LogP contribution in [-0.4, -0.2) is 75.8 Å². The molecule has 15 heteroatoms. The topological polar surface area (TPSA) is 179 Å². The standard InChI is InChI=1S/C34H43N3O9S3/c1-4-6-16-34(5-2)22-37(25-10-8-7-9-11-25)27-19-29(47-3)28(20-30(27)48(41,42)23-34)46-21-31(39)36-32(24-12-14-26(38)15-13-24)33(40)35-17-18-49(43,44)45/h7-15,19-20,32,38H,4-6,16-18,21-23H2,1-3H3,(H,35,40)(H,36,39)(H,43,44,45)/t32-,34?/m1/s1. The van der Waals surface area contributed by atoms with E-state index in [-0.39, 0.29) is 22.1 Å². The fraction of sp³-hybridized carbons (Fsp3) is 0.412. The van der Waals surface area contributed by atoms with Crippen molar-refractivity contribution < 1.29 is 40.8 Å². The maximum atomic E-state index is 14.2. The molecule has 0 aromatic heterocycles. The van der Waals surface area contributed by atoms with Crippen molar-refractivity contribution in [2.45, 2.75) is 55.4 Å². The number of hydrogen-bond acceptors (Lipinski definition) is 10. The molecular formula is C34H43N3O9S3. The molecule has 2 atom stereocenters. The van der Waals surface area contributed by atoms with E-state index in [1.807, 2.05) is 43.5 Å². The van der Waals surface area contributed by atoms with Crippen LogP contribution in [0.1, 0.15) is 51.1 Å². The van der Waals surface area contributed by atoms with Gasteiger partial charge in [0.05, 0.1) is 27.0 Å². The van der Waals surface area contributed by atoms with E-state index in [1.54, 1.807) is 6.07 Å². The molecule has 1 heterocycles. The van der Waals surface area contributed by atoms with Gasteiger partial charge in [-0.15, -0.1) is 11.8 Å². The molecule has 0 saturated carbocycles. The Morgan fingerprint density at radius 1 is 1.08 bits per heavy atom. The Bertz CT molecular complexity index is 1840. The highest BCUT2D eigenvalue weighted by Crippen LogP contribution is 2.47. The number of para-hydroxylation sites is 1. The minimum atomic E-state index is -4.34. The van der Waals surface area contributed by atoms with Crippen molar-refractivity contribution in [3.63, 3.8) is 0 Å². The zero-order valence-corrected chi connectivity index (χ0v) is 30.2. The molecule has 3 aromatic rings. The van der Waals surface area contributed by atoms with Gasteiger partial charge in [-0.05, 0) is 55.0 Å². The maximum Gasteiger partial charge on any atom is 0.266 e. The number of phenolic OH excluding ortho intramolecular Hbond substituents is 1. The van der Waals surface area contributed by atoms with Gasteiger partial charge in [-0.3, -0.25) is 14.1 Å². The lowest BCUT2D eigenvalue weighted by molar-refractivity contribution is -0.130. The number of rotatable bonds is 15. The van der Waals surface area contributed by atoms with Crippen LogP contribution in [0.2, 0.25) is 0 Å². The van der Waals surface area contributed by atoms with Crippen molar-refractivity contribution in [1.82, 2.24) is 10.6 Å². The number of thioether (sulfide) groups is 1. The van der Waals surface area contributed by atoms with Gasteiger partial charge in [0.2, 0.25) is 5.91 Å². The summed E-state index contributed by atoms with van der Waals surface area (Å²) in [4.78, 5) is 29.0. The average molecular weight is 734 g/mol. The van der Waals surface area contributed by atoms with Gasteiger partial charge in [-0.1, -0.05) is 57.0 Å². The van der Waals surface area contributed by atoms with Crippen LogP contribution in [-0.2, 0) is 29.5 Å². The second kappa shape index (κ2) is 16.3. The fourth-order valence-electron chi connectivity index (χ4n) is 5.86. The molecule has 0 aliphatic carbocycles. The van der Waals surface area contributed by atoms with Crippen LogP contribution in [0.5, 0.6) is 11.5 Å². The molecule has 4 N–H and O–H groups in total. The normalized spacial score (nSPS) is 17.8. The number of nitrogens with zero attached hydrogens (tertiary/aromatic N) is 1.